The highest BCUT2D eigenvalue weighted by atomic mass is 16.6. The molecule has 1 heterocycles. The van der Waals surface area contributed by atoms with Gasteiger partial charge in [0, 0.05) is 13.0 Å². The predicted molar refractivity (Wildman–Crippen MR) is 72.1 cm³/mol. The van der Waals surface area contributed by atoms with E-state index in [2.05, 4.69) is 4.98 Å². The van der Waals surface area contributed by atoms with Gasteiger partial charge >= 0.3 is 5.69 Å². The molecule has 0 amide bonds. The first kappa shape index (κ1) is 13.7. The summed E-state index contributed by atoms with van der Waals surface area (Å²) in [5, 5.41) is 10.9. The number of rotatable bonds is 4. The quantitative estimate of drug-likeness (QED) is 0.484. The molecule has 20 heavy (non-hydrogen) atoms. The molecule has 0 fully saturated rings. The van der Waals surface area contributed by atoms with Crippen molar-refractivity contribution < 1.29 is 14.5 Å². The van der Waals surface area contributed by atoms with Crippen molar-refractivity contribution in [2.75, 3.05) is 0 Å². The highest BCUT2D eigenvalue weighted by Crippen LogP contribution is 2.31. The van der Waals surface area contributed by atoms with Crippen LogP contribution in [0, 0.1) is 17.0 Å². The Morgan fingerprint density at radius 3 is 2.60 bits per heavy atom. The van der Waals surface area contributed by atoms with Crippen molar-refractivity contribution in [3.8, 4) is 11.5 Å². The number of nitrogens with zero attached hydrogens (tertiary/aromatic N) is 2. The molecule has 1 aromatic heterocycles. The third-order valence-corrected chi connectivity index (χ3v) is 2.64. The van der Waals surface area contributed by atoms with Gasteiger partial charge in [-0.2, -0.15) is 0 Å². The lowest BCUT2D eigenvalue weighted by Gasteiger charge is -2.07. The van der Waals surface area contributed by atoms with Gasteiger partial charge in [0.2, 0.25) is 5.75 Å². The van der Waals surface area contributed by atoms with Crippen LogP contribution in [0.3, 0.4) is 0 Å². The van der Waals surface area contributed by atoms with E-state index in [0.717, 1.165) is 5.56 Å². The smallest absolute Gasteiger partial charge is 0.311 e. The van der Waals surface area contributed by atoms with Gasteiger partial charge in [0.1, 0.15) is 11.4 Å². The first-order chi connectivity index (χ1) is 9.47. The molecule has 0 aliphatic rings. The van der Waals surface area contributed by atoms with Crippen LogP contribution in [-0.4, -0.2) is 15.7 Å². The fraction of sp³-hybridized carbons (Fsp3) is 0.143. The van der Waals surface area contributed by atoms with Crippen molar-refractivity contribution in [1.29, 1.82) is 0 Å². The molecule has 0 radical (unpaired) electrons. The second-order valence-electron chi connectivity index (χ2n) is 4.27. The second kappa shape index (κ2) is 5.48. The molecule has 0 saturated carbocycles. The van der Waals surface area contributed by atoms with Gasteiger partial charge in [-0.05, 0) is 30.7 Å². The van der Waals surface area contributed by atoms with Gasteiger partial charge in [0.15, 0.2) is 5.78 Å². The number of aryl methyl sites for hydroxylation is 1. The Morgan fingerprint density at radius 2 is 2.05 bits per heavy atom. The number of pyridine rings is 1. The third kappa shape index (κ3) is 2.97. The Hall–Kier alpha value is -2.76. The number of ether oxygens (including phenoxy) is 1. The Balaban J connectivity index is 2.31. The van der Waals surface area contributed by atoms with Gasteiger partial charge in [-0.3, -0.25) is 14.9 Å². The SMILES string of the molecule is CC(=O)c1ccc(Oc2cc(C)ccc2[N+](=O)[O-])cn1. The van der Waals surface area contributed by atoms with Crippen molar-refractivity contribution in [2.45, 2.75) is 13.8 Å². The average molecular weight is 272 g/mol. The molecular formula is C14H12N2O4. The van der Waals surface area contributed by atoms with E-state index in [4.69, 9.17) is 4.74 Å². The molecule has 0 bridgehead atoms. The maximum absolute atomic E-state index is 11.1. The van der Waals surface area contributed by atoms with Crippen LogP contribution in [0.4, 0.5) is 5.69 Å². The highest BCUT2D eigenvalue weighted by molar-refractivity contribution is 5.92. The number of ketones is 1. The van der Waals surface area contributed by atoms with Crippen LogP contribution >= 0.6 is 0 Å². The van der Waals surface area contributed by atoms with Crippen molar-refractivity contribution in [2.24, 2.45) is 0 Å². The first-order valence-electron chi connectivity index (χ1n) is 5.87. The number of carbonyl (C=O) groups is 1. The molecule has 0 aliphatic heterocycles. The van der Waals surface area contributed by atoms with E-state index in [1.54, 1.807) is 18.2 Å². The average Bonchev–Trinajstić information content (AvgIpc) is 2.39. The van der Waals surface area contributed by atoms with Crippen LogP contribution in [0.2, 0.25) is 0 Å². The van der Waals surface area contributed by atoms with Gasteiger partial charge in [-0.25, -0.2) is 4.98 Å². The summed E-state index contributed by atoms with van der Waals surface area (Å²) < 4.78 is 5.47. The molecule has 0 unspecified atom stereocenters. The summed E-state index contributed by atoms with van der Waals surface area (Å²) in [6.45, 7) is 3.22. The van der Waals surface area contributed by atoms with E-state index in [9.17, 15) is 14.9 Å². The minimum absolute atomic E-state index is 0.119. The summed E-state index contributed by atoms with van der Waals surface area (Å²) in [7, 11) is 0. The second-order valence-corrected chi connectivity index (χ2v) is 4.27. The van der Waals surface area contributed by atoms with Gasteiger partial charge in [0.05, 0.1) is 11.1 Å². The molecular weight excluding hydrogens is 260 g/mol. The standard InChI is InChI=1S/C14H12N2O4/c1-9-3-6-13(16(18)19)14(7-9)20-11-4-5-12(10(2)17)15-8-11/h3-8H,1-2H3. The van der Waals surface area contributed by atoms with E-state index in [1.165, 1.54) is 25.3 Å². The monoisotopic (exact) mass is 272 g/mol. The Labute approximate surface area is 115 Å². The normalized spacial score (nSPS) is 10.1. The molecule has 102 valence electrons. The zero-order valence-corrected chi connectivity index (χ0v) is 11.0. The number of benzene rings is 1. The fourth-order valence-electron chi connectivity index (χ4n) is 1.63. The summed E-state index contributed by atoms with van der Waals surface area (Å²) in [4.78, 5) is 25.5. The summed E-state index contributed by atoms with van der Waals surface area (Å²) >= 11 is 0. The molecule has 2 rings (SSSR count). The van der Waals surface area contributed by atoms with Crippen molar-refractivity contribution in [3.63, 3.8) is 0 Å². The Kier molecular flexibility index (Phi) is 3.74. The number of Topliss-reactive ketones (excluding diaryl/α,β-unsaturated/α-hetero) is 1. The van der Waals surface area contributed by atoms with Crippen LogP contribution in [0.5, 0.6) is 11.5 Å². The molecule has 0 atom stereocenters. The summed E-state index contributed by atoms with van der Waals surface area (Å²) in [6, 6.07) is 7.68. The van der Waals surface area contributed by atoms with E-state index < -0.39 is 4.92 Å². The number of nitro groups is 1. The lowest BCUT2D eigenvalue weighted by atomic mass is 10.2. The summed E-state index contributed by atoms with van der Waals surface area (Å²) in [5.41, 5.74) is 1.04. The number of carbonyl (C=O) groups excluding carboxylic acids is 1. The predicted octanol–water partition coefficient (Wildman–Crippen LogP) is 3.29. The molecule has 1 aromatic carbocycles. The topological polar surface area (TPSA) is 82.3 Å². The lowest BCUT2D eigenvalue weighted by molar-refractivity contribution is -0.385. The highest BCUT2D eigenvalue weighted by Gasteiger charge is 2.15. The zero-order chi connectivity index (χ0) is 14.7. The zero-order valence-electron chi connectivity index (χ0n) is 11.0. The largest absolute Gasteiger partial charge is 0.448 e. The summed E-state index contributed by atoms with van der Waals surface area (Å²) in [5.74, 6) is 0.328. The van der Waals surface area contributed by atoms with E-state index >= 15 is 0 Å². The van der Waals surface area contributed by atoms with Gasteiger partial charge in [-0.15, -0.1) is 0 Å². The van der Waals surface area contributed by atoms with Gasteiger partial charge in [-0.1, -0.05) is 6.07 Å². The van der Waals surface area contributed by atoms with Crippen LogP contribution in [-0.2, 0) is 0 Å². The molecule has 0 saturated heterocycles. The summed E-state index contributed by atoms with van der Waals surface area (Å²) in [6.07, 6.45) is 1.36. The molecule has 2 aromatic rings. The minimum atomic E-state index is -0.508. The number of hydrogen-bond donors (Lipinski definition) is 0. The minimum Gasteiger partial charge on any atom is -0.448 e. The van der Waals surface area contributed by atoms with Crippen LogP contribution in [0.1, 0.15) is 23.0 Å². The lowest BCUT2D eigenvalue weighted by Crippen LogP contribution is -1.97. The van der Waals surface area contributed by atoms with E-state index in [1.807, 2.05) is 6.92 Å². The fourth-order valence-corrected chi connectivity index (χ4v) is 1.63. The third-order valence-electron chi connectivity index (χ3n) is 2.64. The number of hydrogen-bond acceptors (Lipinski definition) is 5. The van der Waals surface area contributed by atoms with Crippen LogP contribution < -0.4 is 4.74 Å². The molecule has 6 heteroatoms. The first-order valence-corrected chi connectivity index (χ1v) is 5.87. The van der Waals surface area contributed by atoms with E-state index in [-0.39, 0.29) is 17.2 Å². The maximum Gasteiger partial charge on any atom is 0.311 e. The maximum atomic E-state index is 11.1. The molecule has 0 spiro atoms. The van der Waals surface area contributed by atoms with Crippen molar-refractivity contribution >= 4 is 11.5 Å². The van der Waals surface area contributed by atoms with Gasteiger partial charge < -0.3 is 4.74 Å². The van der Waals surface area contributed by atoms with E-state index in [0.29, 0.717) is 11.4 Å². The van der Waals surface area contributed by atoms with Crippen molar-refractivity contribution in [3.05, 3.63) is 57.9 Å². The molecule has 0 N–H and O–H groups in total. The van der Waals surface area contributed by atoms with Gasteiger partial charge in [0.25, 0.3) is 0 Å². The Bertz CT molecular complexity index is 665. The number of nitro benzene ring substituents is 1. The molecule has 0 aliphatic carbocycles. The number of aromatic nitrogens is 1. The van der Waals surface area contributed by atoms with Crippen LogP contribution in [0.25, 0.3) is 0 Å². The van der Waals surface area contributed by atoms with Crippen molar-refractivity contribution in [1.82, 2.24) is 4.98 Å². The molecule has 6 nitrogen and oxygen atoms in total. The van der Waals surface area contributed by atoms with Crippen LogP contribution in [0.15, 0.2) is 36.5 Å². The Morgan fingerprint density at radius 1 is 1.30 bits per heavy atom.